The van der Waals surface area contributed by atoms with Crippen LogP contribution in [0.4, 0.5) is 0 Å². The first-order valence-corrected chi connectivity index (χ1v) is 11.1. The van der Waals surface area contributed by atoms with Crippen LogP contribution in [0, 0.1) is 6.92 Å². The fourth-order valence-electron chi connectivity index (χ4n) is 3.86. The van der Waals surface area contributed by atoms with Crippen LogP contribution in [0.1, 0.15) is 21.2 Å². The van der Waals surface area contributed by atoms with Crippen molar-refractivity contribution in [2.24, 2.45) is 0 Å². The van der Waals surface area contributed by atoms with Crippen LogP contribution in [0.15, 0.2) is 42.7 Å². The normalized spacial score (nSPS) is 15.0. The molecule has 3 aromatic heterocycles. The number of hydrogen-bond acceptors (Lipinski definition) is 6. The first-order valence-electron chi connectivity index (χ1n) is 10.3. The number of piperazine rings is 1. The molecule has 8 nitrogen and oxygen atoms in total. The molecule has 0 spiro atoms. The maximum atomic E-state index is 13.1. The standard InChI is InChI=1S/C22H24N6O2S/c1-15-20(31-22(23-15)28-7-3-4-8-28)21(29)27-11-9-26(10-12-27)14-19-24-17-6-5-16(30-2)13-18(17)25-19/h3-8,13H,9-12,14H2,1-2H3,(H,24,25). The van der Waals surface area contributed by atoms with E-state index in [1.54, 1.807) is 7.11 Å². The van der Waals surface area contributed by atoms with E-state index in [9.17, 15) is 4.79 Å². The number of imidazole rings is 1. The lowest BCUT2D eigenvalue weighted by atomic mass is 10.2. The highest BCUT2D eigenvalue weighted by Crippen LogP contribution is 2.24. The van der Waals surface area contributed by atoms with Crippen molar-refractivity contribution < 1.29 is 9.53 Å². The van der Waals surface area contributed by atoms with Gasteiger partial charge in [-0.05, 0) is 31.2 Å². The molecule has 4 aromatic rings. The van der Waals surface area contributed by atoms with Gasteiger partial charge in [0.2, 0.25) is 0 Å². The molecule has 1 fully saturated rings. The van der Waals surface area contributed by atoms with Gasteiger partial charge in [0.25, 0.3) is 5.91 Å². The number of ether oxygens (including phenoxy) is 1. The molecular weight excluding hydrogens is 412 g/mol. The van der Waals surface area contributed by atoms with Crippen LogP contribution in [0.3, 0.4) is 0 Å². The zero-order valence-electron chi connectivity index (χ0n) is 17.5. The number of aryl methyl sites for hydroxylation is 1. The largest absolute Gasteiger partial charge is 0.497 e. The number of nitrogens with one attached hydrogen (secondary N) is 1. The number of aromatic amines is 1. The number of hydrogen-bond donors (Lipinski definition) is 1. The van der Waals surface area contributed by atoms with Crippen molar-refractivity contribution in [3.05, 3.63) is 59.1 Å². The van der Waals surface area contributed by atoms with Crippen LogP contribution < -0.4 is 4.74 Å². The lowest BCUT2D eigenvalue weighted by Gasteiger charge is -2.34. The second kappa shape index (κ2) is 8.16. The van der Waals surface area contributed by atoms with Crippen molar-refractivity contribution in [1.29, 1.82) is 0 Å². The van der Waals surface area contributed by atoms with E-state index < -0.39 is 0 Å². The molecule has 0 aliphatic carbocycles. The van der Waals surface area contributed by atoms with Gasteiger partial charge in [0.1, 0.15) is 16.5 Å². The maximum Gasteiger partial charge on any atom is 0.266 e. The zero-order valence-corrected chi connectivity index (χ0v) is 18.4. The minimum Gasteiger partial charge on any atom is -0.497 e. The first-order chi connectivity index (χ1) is 15.1. The molecule has 0 radical (unpaired) electrons. The molecule has 1 N–H and O–H groups in total. The number of aromatic nitrogens is 4. The Morgan fingerprint density at radius 3 is 2.68 bits per heavy atom. The molecule has 0 bridgehead atoms. The Hall–Kier alpha value is -3.17. The number of rotatable bonds is 5. The van der Waals surface area contributed by atoms with Gasteiger partial charge >= 0.3 is 0 Å². The second-order valence-electron chi connectivity index (χ2n) is 7.64. The second-order valence-corrected chi connectivity index (χ2v) is 8.61. The quantitative estimate of drug-likeness (QED) is 0.520. The van der Waals surface area contributed by atoms with Gasteiger partial charge in [-0.1, -0.05) is 11.3 Å². The van der Waals surface area contributed by atoms with Crippen LogP contribution in [0.2, 0.25) is 0 Å². The van der Waals surface area contributed by atoms with Crippen LogP contribution in [-0.2, 0) is 6.54 Å². The number of H-pyrrole nitrogens is 1. The minimum atomic E-state index is 0.0730. The average molecular weight is 437 g/mol. The Morgan fingerprint density at radius 2 is 1.94 bits per heavy atom. The van der Waals surface area contributed by atoms with Crippen molar-refractivity contribution >= 4 is 28.3 Å². The summed E-state index contributed by atoms with van der Waals surface area (Å²) in [6.07, 6.45) is 3.89. The third-order valence-corrected chi connectivity index (χ3v) is 6.73. The Bertz CT molecular complexity index is 1200. The molecule has 1 aliphatic rings. The fourth-order valence-corrected chi connectivity index (χ4v) is 4.86. The van der Waals surface area contributed by atoms with Crippen molar-refractivity contribution in [3.8, 4) is 10.9 Å². The summed E-state index contributed by atoms with van der Waals surface area (Å²) in [6, 6.07) is 9.75. The highest BCUT2D eigenvalue weighted by molar-refractivity contribution is 7.16. The van der Waals surface area contributed by atoms with Gasteiger partial charge in [0, 0.05) is 44.6 Å². The van der Waals surface area contributed by atoms with E-state index in [4.69, 9.17) is 4.74 Å². The van der Waals surface area contributed by atoms with E-state index in [0.29, 0.717) is 13.1 Å². The Balaban J connectivity index is 1.22. The topological polar surface area (TPSA) is 79.3 Å². The van der Waals surface area contributed by atoms with Crippen LogP contribution in [0.25, 0.3) is 16.2 Å². The summed E-state index contributed by atoms with van der Waals surface area (Å²) in [5.74, 6) is 1.81. The number of benzene rings is 1. The maximum absolute atomic E-state index is 13.1. The molecule has 9 heteroatoms. The lowest BCUT2D eigenvalue weighted by molar-refractivity contribution is 0.0629. The highest BCUT2D eigenvalue weighted by Gasteiger charge is 2.26. The van der Waals surface area contributed by atoms with Gasteiger partial charge in [-0.3, -0.25) is 9.69 Å². The van der Waals surface area contributed by atoms with E-state index in [-0.39, 0.29) is 5.91 Å². The molecular formula is C22H24N6O2S. The number of methoxy groups -OCH3 is 1. The summed E-state index contributed by atoms with van der Waals surface area (Å²) in [6.45, 7) is 5.66. The number of carbonyl (C=O) groups excluding carboxylic acids is 1. The molecule has 5 rings (SSSR count). The molecule has 31 heavy (non-hydrogen) atoms. The van der Waals surface area contributed by atoms with E-state index in [1.165, 1.54) is 11.3 Å². The highest BCUT2D eigenvalue weighted by atomic mass is 32.1. The van der Waals surface area contributed by atoms with Gasteiger partial charge in [-0.25, -0.2) is 9.97 Å². The Kier molecular flexibility index (Phi) is 5.21. The molecule has 1 aliphatic heterocycles. The molecule has 0 saturated carbocycles. The third kappa shape index (κ3) is 3.94. The van der Waals surface area contributed by atoms with Gasteiger partial charge in [-0.15, -0.1) is 0 Å². The van der Waals surface area contributed by atoms with Gasteiger partial charge < -0.3 is 19.2 Å². The fraction of sp³-hybridized carbons (Fsp3) is 0.318. The molecule has 160 valence electrons. The minimum absolute atomic E-state index is 0.0730. The van der Waals surface area contributed by atoms with Crippen LogP contribution >= 0.6 is 11.3 Å². The summed E-state index contributed by atoms with van der Waals surface area (Å²) in [4.78, 5) is 30.7. The third-order valence-electron chi connectivity index (χ3n) is 5.58. The van der Waals surface area contributed by atoms with Crippen molar-refractivity contribution in [1.82, 2.24) is 29.3 Å². The van der Waals surface area contributed by atoms with E-state index >= 15 is 0 Å². The first kappa shape index (κ1) is 19.8. The van der Waals surface area contributed by atoms with Crippen molar-refractivity contribution in [2.75, 3.05) is 33.3 Å². The SMILES string of the molecule is COc1ccc2nc(CN3CCN(C(=O)c4sc(-n5cccc5)nc4C)CC3)[nH]c2c1. The Labute approximate surface area is 184 Å². The van der Waals surface area contributed by atoms with E-state index in [0.717, 1.165) is 57.9 Å². The predicted molar refractivity (Wildman–Crippen MR) is 120 cm³/mol. The van der Waals surface area contributed by atoms with Crippen molar-refractivity contribution in [2.45, 2.75) is 13.5 Å². The number of nitrogens with zero attached hydrogens (tertiary/aromatic N) is 5. The van der Waals surface area contributed by atoms with Crippen molar-refractivity contribution in [3.63, 3.8) is 0 Å². The summed E-state index contributed by atoms with van der Waals surface area (Å²) < 4.78 is 7.22. The number of amides is 1. The monoisotopic (exact) mass is 436 g/mol. The molecule has 1 aromatic carbocycles. The van der Waals surface area contributed by atoms with Gasteiger partial charge in [0.15, 0.2) is 5.13 Å². The number of carbonyl (C=O) groups is 1. The lowest BCUT2D eigenvalue weighted by Crippen LogP contribution is -2.48. The zero-order chi connectivity index (χ0) is 21.4. The van der Waals surface area contributed by atoms with E-state index in [2.05, 4.69) is 19.9 Å². The molecule has 4 heterocycles. The molecule has 0 atom stereocenters. The summed E-state index contributed by atoms with van der Waals surface area (Å²) in [7, 11) is 1.66. The number of fused-ring (bicyclic) bond motifs is 1. The average Bonchev–Trinajstić information content (AvgIpc) is 3.52. The summed E-state index contributed by atoms with van der Waals surface area (Å²) in [5, 5.41) is 0.825. The molecule has 1 amide bonds. The van der Waals surface area contributed by atoms with Gasteiger partial charge in [-0.2, -0.15) is 0 Å². The molecule has 0 unspecified atom stereocenters. The smallest absolute Gasteiger partial charge is 0.266 e. The number of thiazole rings is 1. The molecule has 1 saturated heterocycles. The summed E-state index contributed by atoms with van der Waals surface area (Å²) >= 11 is 1.45. The van der Waals surface area contributed by atoms with Crippen LogP contribution in [0.5, 0.6) is 5.75 Å². The summed E-state index contributed by atoms with van der Waals surface area (Å²) in [5.41, 5.74) is 2.70. The van der Waals surface area contributed by atoms with Gasteiger partial charge in [0.05, 0.1) is 30.4 Å². The predicted octanol–water partition coefficient (Wildman–Crippen LogP) is 3.09. The van der Waals surface area contributed by atoms with Crippen LogP contribution in [-0.4, -0.2) is 68.5 Å². The Morgan fingerprint density at radius 1 is 1.16 bits per heavy atom. The van der Waals surface area contributed by atoms with E-state index in [1.807, 2.05) is 59.1 Å².